The summed E-state index contributed by atoms with van der Waals surface area (Å²) in [7, 11) is 6.35. The fourth-order valence-corrected chi connectivity index (χ4v) is 9.14. The summed E-state index contributed by atoms with van der Waals surface area (Å²) in [6.45, 7) is 1.47. The van der Waals surface area contributed by atoms with Crippen LogP contribution in [0.25, 0.3) is 6.08 Å². The molecule has 1 aromatic heterocycles. The number of allylic oxidation sites excluding steroid dienone is 1. The fourth-order valence-electron chi connectivity index (χ4n) is 8.50. The van der Waals surface area contributed by atoms with Gasteiger partial charge in [0.25, 0.3) is 17.7 Å². The van der Waals surface area contributed by atoms with E-state index in [1.54, 1.807) is 179 Å². The second kappa shape index (κ2) is 24.4. The summed E-state index contributed by atoms with van der Waals surface area (Å²) in [5.41, 5.74) is 4.01. The summed E-state index contributed by atoms with van der Waals surface area (Å²) in [6.07, 6.45) is 4.71. The molecule has 0 spiro atoms. The highest BCUT2D eigenvalue weighted by Crippen LogP contribution is 2.34. The Balaban J connectivity index is 0.777. The molecule has 15 nitrogen and oxygen atoms in total. The molecule has 0 saturated heterocycles. The Labute approximate surface area is 448 Å². The Hall–Kier alpha value is -9.28. The predicted octanol–water partition coefficient (Wildman–Crippen LogP) is 11.2. The fraction of sp³-hybridized carbons (Fsp3) is 0.180. The number of carbonyl (C=O) groups excluding carboxylic acids is 8. The van der Waals surface area contributed by atoms with Crippen molar-refractivity contribution in [3.05, 3.63) is 201 Å². The molecule has 1 aliphatic rings. The number of ketones is 2. The highest BCUT2D eigenvalue weighted by Gasteiger charge is 2.33. The van der Waals surface area contributed by atoms with Crippen LogP contribution < -0.4 is 33.6 Å². The standard InChI is InChI=1S/C61H53N3O12S/c1-38(65)39-16-23-47(24-17-39)62(2)56(67)40-8-10-41(11-9-40)57(68)63(3)48-25-18-45(19-26-48)60(71)75-51-31-27-49(28-32-51)64(4)58(69)42-20-29-50(30-21-42)74-59(70)43-12-14-44(15-13-43)61(72)76-54-35-33-52(73-5)37-46(54)22-34-53(66)55-7-6-36-77-55/h6-11,16-37,43-44H,12-15H2,1-5H3/b34-22+. The van der Waals surface area contributed by atoms with E-state index in [0.717, 1.165) is 0 Å². The number of anilines is 3. The van der Waals surface area contributed by atoms with E-state index < -0.39 is 29.7 Å². The van der Waals surface area contributed by atoms with E-state index in [0.29, 0.717) is 86.9 Å². The SMILES string of the molecule is COc1ccc(OC(=O)C2CCC(C(=O)Oc3ccc(C(=O)N(C)c4ccc(OC(=O)c5ccc(N(C)C(=O)c6ccc(C(=O)N(C)c7ccc(C(C)=O)cc7)cc6)cc5)cc4)cc3)CC2)c(/C=C/C(=O)c2cccs2)c1. The van der Waals surface area contributed by atoms with Gasteiger partial charge >= 0.3 is 17.9 Å². The number of benzene rings is 6. The van der Waals surface area contributed by atoms with Crippen molar-refractivity contribution < 1.29 is 57.3 Å². The normalized spacial score (nSPS) is 13.9. The predicted molar refractivity (Wildman–Crippen MR) is 293 cm³/mol. The second-order valence-corrected chi connectivity index (χ2v) is 19.1. The molecule has 0 aliphatic heterocycles. The first-order valence-corrected chi connectivity index (χ1v) is 25.4. The van der Waals surface area contributed by atoms with Gasteiger partial charge in [-0.15, -0.1) is 11.3 Å². The zero-order valence-electron chi connectivity index (χ0n) is 42.8. The van der Waals surface area contributed by atoms with Gasteiger partial charge in [0.1, 0.15) is 23.0 Å². The Bertz CT molecular complexity index is 3350. The number of Topliss-reactive ketones (excluding diaryl/α,β-unsaturated/α-hetero) is 1. The first-order chi connectivity index (χ1) is 37.1. The molecule has 3 amide bonds. The van der Waals surface area contributed by atoms with Gasteiger partial charge in [0, 0.05) is 66.0 Å². The van der Waals surface area contributed by atoms with Crippen molar-refractivity contribution in [2.75, 3.05) is 43.0 Å². The van der Waals surface area contributed by atoms with Crippen molar-refractivity contribution in [3.63, 3.8) is 0 Å². The van der Waals surface area contributed by atoms with Gasteiger partial charge < -0.3 is 33.6 Å². The van der Waals surface area contributed by atoms with E-state index >= 15 is 0 Å². The summed E-state index contributed by atoms with van der Waals surface area (Å²) < 4.78 is 22.4. The van der Waals surface area contributed by atoms with E-state index in [1.165, 1.54) is 46.1 Å². The summed E-state index contributed by atoms with van der Waals surface area (Å²) in [6, 6.07) is 40.5. The van der Waals surface area contributed by atoms with Gasteiger partial charge in [0.05, 0.1) is 29.4 Å². The Kier molecular flexibility index (Phi) is 17.1. The van der Waals surface area contributed by atoms with Crippen LogP contribution in [0.3, 0.4) is 0 Å². The molecule has 1 heterocycles. The van der Waals surface area contributed by atoms with E-state index in [2.05, 4.69) is 0 Å². The van der Waals surface area contributed by atoms with Crippen LogP contribution in [-0.4, -0.2) is 75.4 Å². The highest BCUT2D eigenvalue weighted by molar-refractivity contribution is 7.12. The molecule has 0 atom stereocenters. The molecule has 8 rings (SSSR count). The van der Waals surface area contributed by atoms with Crippen molar-refractivity contribution in [1.29, 1.82) is 0 Å². The van der Waals surface area contributed by atoms with Crippen molar-refractivity contribution in [2.24, 2.45) is 11.8 Å². The molecule has 0 N–H and O–H groups in total. The molecule has 0 unspecified atom stereocenters. The number of methoxy groups -OCH3 is 1. The average Bonchev–Trinajstić information content (AvgIpc) is 4.02. The van der Waals surface area contributed by atoms with E-state index in [4.69, 9.17) is 18.9 Å². The number of esters is 3. The van der Waals surface area contributed by atoms with Crippen LogP contribution in [0.2, 0.25) is 0 Å². The molecule has 390 valence electrons. The summed E-state index contributed by atoms with van der Waals surface area (Å²) in [5.74, 6) is -2.21. The van der Waals surface area contributed by atoms with Gasteiger partial charge in [-0.3, -0.25) is 33.6 Å². The lowest BCUT2D eigenvalue weighted by molar-refractivity contribution is -0.145. The molecule has 6 aromatic carbocycles. The molecule has 77 heavy (non-hydrogen) atoms. The topological polar surface area (TPSA) is 183 Å². The molecule has 1 saturated carbocycles. The van der Waals surface area contributed by atoms with Crippen LogP contribution in [0.4, 0.5) is 17.1 Å². The molecular weight excluding hydrogens is 999 g/mol. The minimum absolute atomic E-state index is 0.0714. The van der Waals surface area contributed by atoms with Crippen molar-refractivity contribution >= 4 is 81.7 Å². The van der Waals surface area contributed by atoms with Gasteiger partial charge in [-0.05, 0) is 196 Å². The van der Waals surface area contributed by atoms with Crippen LogP contribution in [0, 0.1) is 11.8 Å². The number of ether oxygens (including phenoxy) is 4. The van der Waals surface area contributed by atoms with Crippen LogP contribution >= 0.6 is 11.3 Å². The molecule has 7 aromatic rings. The Morgan fingerprint density at radius 3 is 1.38 bits per heavy atom. The van der Waals surface area contributed by atoms with Crippen LogP contribution in [0.1, 0.15) is 99.6 Å². The Morgan fingerprint density at radius 1 is 0.494 bits per heavy atom. The van der Waals surface area contributed by atoms with Crippen molar-refractivity contribution in [1.82, 2.24) is 0 Å². The average molecular weight is 1050 g/mol. The number of carbonyl (C=O) groups is 8. The third-order valence-electron chi connectivity index (χ3n) is 13.2. The lowest BCUT2D eigenvalue weighted by Crippen LogP contribution is -2.30. The molecule has 16 heteroatoms. The van der Waals surface area contributed by atoms with Gasteiger partial charge in [0.2, 0.25) is 0 Å². The van der Waals surface area contributed by atoms with Gasteiger partial charge in [0.15, 0.2) is 11.6 Å². The van der Waals surface area contributed by atoms with Crippen LogP contribution in [-0.2, 0) is 9.59 Å². The molecular formula is C61H53N3O12S. The first kappa shape index (κ1) is 54.0. The molecule has 0 radical (unpaired) electrons. The van der Waals surface area contributed by atoms with E-state index in [1.807, 2.05) is 5.38 Å². The number of hydrogen-bond acceptors (Lipinski definition) is 13. The largest absolute Gasteiger partial charge is 0.497 e. The maximum absolute atomic E-state index is 13.5. The van der Waals surface area contributed by atoms with Crippen LogP contribution in [0.15, 0.2) is 163 Å². The first-order valence-electron chi connectivity index (χ1n) is 24.5. The number of thiophene rings is 1. The number of nitrogens with zero attached hydrogens (tertiary/aromatic N) is 3. The zero-order valence-corrected chi connectivity index (χ0v) is 43.6. The monoisotopic (exact) mass is 1050 g/mol. The van der Waals surface area contributed by atoms with E-state index in [9.17, 15) is 38.4 Å². The van der Waals surface area contributed by atoms with Crippen molar-refractivity contribution in [2.45, 2.75) is 32.6 Å². The maximum Gasteiger partial charge on any atom is 0.343 e. The van der Waals surface area contributed by atoms with Gasteiger partial charge in [-0.2, -0.15) is 0 Å². The highest BCUT2D eigenvalue weighted by atomic mass is 32.1. The third-order valence-corrected chi connectivity index (χ3v) is 14.1. The van der Waals surface area contributed by atoms with Gasteiger partial charge in [-0.1, -0.05) is 6.07 Å². The summed E-state index contributed by atoms with van der Waals surface area (Å²) in [4.78, 5) is 109. The lowest BCUT2D eigenvalue weighted by Gasteiger charge is -2.26. The quantitative estimate of drug-likeness (QED) is 0.0365. The summed E-state index contributed by atoms with van der Waals surface area (Å²) in [5, 5.41) is 1.82. The zero-order chi connectivity index (χ0) is 54.8. The second-order valence-electron chi connectivity index (χ2n) is 18.2. The number of amides is 3. The number of hydrogen-bond donors (Lipinski definition) is 0. The molecule has 1 aliphatic carbocycles. The van der Waals surface area contributed by atoms with Crippen molar-refractivity contribution in [3.8, 4) is 23.0 Å². The van der Waals surface area contributed by atoms with Gasteiger partial charge in [-0.25, -0.2) is 4.79 Å². The third kappa shape index (κ3) is 13.2. The Morgan fingerprint density at radius 2 is 0.909 bits per heavy atom. The minimum Gasteiger partial charge on any atom is -0.497 e. The molecule has 1 fully saturated rings. The summed E-state index contributed by atoms with van der Waals surface area (Å²) >= 11 is 1.33. The van der Waals surface area contributed by atoms with Crippen LogP contribution in [0.5, 0.6) is 23.0 Å². The lowest BCUT2D eigenvalue weighted by atomic mass is 9.82. The maximum atomic E-state index is 13.5. The smallest absolute Gasteiger partial charge is 0.343 e. The number of rotatable bonds is 17. The minimum atomic E-state index is -0.633. The molecule has 0 bridgehead atoms. The van der Waals surface area contributed by atoms with E-state index in [-0.39, 0.29) is 46.4 Å².